The molecule has 0 spiro atoms. The van der Waals surface area contributed by atoms with Gasteiger partial charge in [-0.2, -0.15) is 0 Å². The lowest BCUT2D eigenvalue weighted by Crippen LogP contribution is -2.10. The molecular formula is C16H14FNOS2. The van der Waals surface area contributed by atoms with Crippen LogP contribution < -0.4 is 10.1 Å². The molecule has 0 fully saturated rings. The summed E-state index contributed by atoms with van der Waals surface area (Å²) < 4.78 is 18.6. The van der Waals surface area contributed by atoms with Crippen LogP contribution in [0.3, 0.4) is 0 Å². The van der Waals surface area contributed by atoms with Gasteiger partial charge in [-0.05, 0) is 35.0 Å². The monoisotopic (exact) mass is 319 g/mol. The molecule has 5 heteroatoms. The predicted molar refractivity (Wildman–Crippen MR) is 87.1 cm³/mol. The number of halogens is 1. The maximum Gasteiger partial charge on any atom is 0.144 e. The normalized spacial score (nSPS) is 10.8. The number of thiophene rings is 2. The highest BCUT2D eigenvalue weighted by Crippen LogP contribution is 2.35. The number of hydrogen-bond donors (Lipinski definition) is 1. The van der Waals surface area contributed by atoms with Gasteiger partial charge in [-0.15, -0.1) is 22.7 Å². The number of methoxy groups -OCH3 is 1. The van der Waals surface area contributed by atoms with Gasteiger partial charge < -0.3 is 10.1 Å². The minimum Gasteiger partial charge on any atom is -0.494 e. The molecule has 0 radical (unpaired) electrons. The van der Waals surface area contributed by atoms with E-state index < -0.39 is 0 Å². The largest absolute Gasteiger partial charge is 0.494 e. The molecule has 1 N–H and O–H groups in total. The number of benzene rings is 1. The zero-order valence-electron chi connectivity index (χ0n) is 11.4. The van der Waals surface area contributed by atoms with Crippen LogP contribution in [0.5, 0.6) is 5.75 Å². The molecule has 0 bridgehead atoms. The Bertz CT molecular complexity index is 661. The van der Waals surface area contributed by atoms with Gasteiger partial charge in [-0.25, -0.2) is 4.39 Å². The molecule has 2 aromatic heterocycles. The second-order valence-electron chi connectivity index (χ2n) is 4.45. The van der Waals surface area contributed by atoms with Gasteiger partial charge in [0.2, 0.25) is 0 Å². The number of anilines is 1. The highest BCUT2D eigenvalue weighted by Gasteiger charge is 2.18. The van der Waals surface area contributed by atoms with E-state index in [1.807, 2.05) is 12.1 Å². The Morgan fingerprint density at radius 2 is 1.71 bits per heavy atom. The van der Waals surface area contributed by atoms with E-state index in [1.54, 1.807) is 35.8 Å². The number of rotatable bonds is 5. The van der Waals surface area contributed by atoms with Crippen LogP contribution in [0.2, 0.25) is 0 Å². The van der Waals surface area contributed by atoms with Crippen molar-refractivity contribution in [3.05, 3.63) is 68.8 Å². The molecule has 0 aliphatic heterocycles. The van der Waals surface area contributed by atoms with E-state index >= 15 is 0 Å². The Labute approximate surface area is 130 Å². The van der Waals surface area contributed by atoms with Crippen LogP contribution in [0, 0.1) is 5.82 Å². The molecule has 0 amide bonds. The predicted octanol–water partition coefficient (Wildman–Crippen LogP) is 5.16. The Balaban J connectivity index is 1.96. The Hall–Kier alpha value is -1.85. The molecule has 0 unspecified atom stereocenters. The van der Waals surface area contributed by atoms with Crippen molar-refractivity contribution in [3.63, 3.8) is 0 Å². The Morgan fingerprint density at radius 3 is 2.24 bits per heavy atom. The van der Waals surface area contributed by atoms with E-state index in [1.165, 1.54) is 21.9 Å². The third kappa shape index (κ3) is 3.09. The molecule has 0 saturated carbocycles. The third-order valence-electron chi connectivity index (χ3n) is 3.12. The van der Waals surface area contributed by atoms with Crippen molar-refractivity contribution >= 4 is 28.4 Å². The van der Waals surface area contributed by atoms with Crippen molar-refractivity contribution in [1.29, 1.82) is 0 Å². The van der Waals surface area contributed by atoms with Gasteiger partial charge in [0.1, 0.15) is 11.6 Å². The summed E-state index contributed by atoms with van der Waals surface area (Å²) >= 11 is 3.39. The molecule has 2 nitrogen and oxygen atoms in total. The Morgan fingerprint density at radius 1 is 1.05 bits per heavy atom. The summed E-state index contributed by atoms with van der Waals surface area (Å²) in [5.41, 5.74) is 0.783. The van der Waals surface area contributed by atoms with E-state index in [0.29, 0.717) is 5.75 Å². The standard InChI is InChI=1S/C16H14FNOS2/c1-19-13-10-11(17)6-7-12(13)18-16(14-4-2-8-20-14)15-5-3-9-21-15/h2-10,16,18H,1H3. The van der Waals surface area contributed by atoms with Crippen molar-refractivity contribution in [2.75, 3.05) is 12.4 Å². The van der Waals surface area contributed by atoms with E-state index in [-0.39, 0.29) is 11.9 Å². The van der Waals surface area contributed by atoms with Gasteiger partial charge in [0, 0.05) is 15.8 Å². The molecule has 0 aliphatic carbocycles. The van der Waals surface area contributed by atoms with Crippen LogP contribution in [0.25, 0.3) is 0 Å². The molecule has 0 aliphatic rings. The molecule has 3 aromatic rings. The van der Waals surface area contributed by atoms with E-state index in [9.17, 15) is 4.39 Å². The SMILES string of the molecule is COc1cc(F)ccc1NC(c1cccs1)c1cccs1. The van der Waals surface area contributed by atoms with Gasteiger partial charge in [0.05, 0.1) is 18.8 Å². The first-order valence-corrected chi connectivity index (χ1v) is 8.21. The van der Waals surface area contributed by atoms with Gasteiger partial charge in [-0.3, -0.25) is 0 Å². The minimum absolute atomic E-state index is 0.0457. The smallest absolute Gasteiger partial charge is 0.144 e. The molecule has 21 heavy (non-hydrogen) atoms. The van der Waals surface area contributed by atoms with Crippen LogP contribution in [-0.2, 0) is 0 Å². The van der Waals surface area contributed by atoms with Gasteiger partial charge >= 0.3 is 0 Å². The zero-order chi connectivity index (χ0) is 14.7. The molecular weight excluding hydrogens is 305 g/mol. The fourth-order valence-electron chi connectivity index (χ4n) is 2.13. The van der Waals surface area contributed by atoms with Crippen LogP contribution in [0.1, 0.15) is 15.8 Å². The molecule has 3 rings (SSSR count). The summed E-state index contributed by atoms with van der Waals surface area (Å²) in [4.78, 5) is 2.42. The fraction of sp³-hybridized carbons (Fsp3) is 0.125. The van der Waals surface area contributed by atoms with Crippen LogP contribution in [0.4, 0.5) is 10.1 Å². The quantitative estimate of drug-likeness (QED) is 0.701. The lowest BCUT2D eigenvalue weighted by atomic mass is 10.1. The van der Waals surface area contributed by atoms with Gasteiger partial charge in [0.15, 0.2) is 0 Å². The third-order valence-corrected chi connectivity index (χ3v) is 4.99. The minimum atomic E-state index is -0.304. The van der Waals surface area contributed by atoms with Crippen molar-refractivity contribution in [3.8, 4) is 5.75 Å². The second-order valence-corrected chi connectivity index (χ2v) is 6.41. The fourth-order valence-corrected chi connectivity index (χ4v) is 3.79. The Kier molecular flexibility index (Phi) is 4.22. The molecule has 2 heterocycles. The highest BCUT2D eigenvalue weighted by atomic mass is 32.1. The lowest BCUT2D eigenvalue weighted by molar-refractivity contribution is 0.413. The summed E-state index contributed by atoms with van der Waals surface area (Å²) in [5, 5.41) is 7.57. The summed E-state index contributed by atoms with van der Waals surface area (Å²) in [5.74, 6) is 0.203. The topological polar surface area (TPSA) is 21.3 Å². The summed E-state index contributed by atoms with van der Waals surface area (Å²) in [6, 6.07) is 12.8. The zero-order valence-corrected chi connectivity index (χ0v) is 13.0. The number of nitrogens with one attached hydrogen (secondary N) is 1. The van der Waals surface area contributed by atoms with E-state index in [4.69, 9.17) is 4.74 Å². The molecule has 0 saturated heterocycles. The first-order chi connectivity index (χ1) is 10.3. The maximum absolute atomic E-state index is 13.3. The van der Waals surface area contributed by atoms with Gasteiger partial charge in [0.25, 0.3) is 0 Å². The van der Waals surface area contributed by atoms with Crippen LogP contribution >= 0.6 is 22.7 Å². The summed E-state index contributed by atoms with van der Waals surface area (Å²) in [6.45, 7) is 0. The lowest BCUT2D eigenvalue weighted by Gasteiger charge is -2.19. The van der Waals surface area contributed by atoms with E-state index in [0.717, 1.165) is 5.69 Å². The van der Waals surface area contributed by atoms with Crippen molar-refractivity contribution in [1.82, 2.24) is 0 Å². The van der Waals surface area contributed by atoms with Crippen LogP contribution in [-0.4, -0.2) is 7.11 Å². The molecule has 108 valence electrons. The highest BCUT2D eigenvalue weighted by molar-refractivity contribution is 7.11. The van der Waals surface area contributed by atoms with Crippen molar-refractivity contribution < 1.29 is 9.13 Å². The molecule has 1 aromatic carbocycles. The number of hydrogen-bond acceptors (Lipinski definition) is 4. The van der Waals surface area contributed by atoms with Crippen molar-refractivity contribution in [2.45, 2.75) is 6.04 Å². The average Bonchev–Trinajstić information content (AvgIpc) is 3.19. The van der Waals surface area contributed by atoms with E-state index in [2.05, 4.69) is 28.2 Å². The summed E-state index contributed by atoms with van der Waals surface area (Å²) in [7, 11) is 1.55. The van der Waals surface area contributed by atoms with Gasteiger partial charge in [-0.1, -0.05) is 12.1 Å². The molecule has 0 atom stereocenters. The first-order valence-electron chi connectivity index (χ1n) is 6.45. The average molecular weight is 319 g/mol. The summed E-state index contributed by atoms with van der Waals surface area (Å²) in [6.07, 6.45) is 0. The van der Waals surface area contributed by atoms with Crippen LogP contribution in [0.15, 0.2) is 53.2 Å². The maximum atomic E-state index is 13.3. The second kappa shape index (κ2) is 6.28. The number of ether oxygens (including phenoxy) is 1. The first kappa shape index (κ1) is 14.1. The van der Waals surface area contributed by atoms with Crippen molar-refractivity contribution in [2.24, 2.45) is 0 Å².